The predicted octanol–water partition coefficient (Wildman–Crippen LogP) is 8.82. The first-order chi connectivity index (χ1) is 19.3. The number of anilines is 3. The molecule has 1 aliphatic rings. The summed E-state index contributed by atoms with van der Waals surface area (Å²) in [6, 6.07) is 45.5. The van der Waals surface area contributed by atoms with Crippen molar-refractivity contribution in [1.82, 2.24) is 14.8 Å². The third kappa shape index (κ3) is 3.41. The maximum absolute atomic E-state index is 6.25. The monoisotopic (exact) mass is 502 g/mol. The Hall–Kier alpha value is -5.42. The Bertz CT molecular complexity index is 1870. The Morgan fingerprint density at radius 1 is 0.487 bits per heavy atom. The van der Waals surface area contributed by atoms with E-state index in [2.05, 4.69) is 89.8 Å². The van der Waals surface area contributed by atoms with Gasteiger partial charge in [0.25, 0.3) is 5.95 Å². The maximum atomic E-state index is 6.25. The van der Waals surface area contributed by atoms with Crippen molar-refractivity contribution in [2.45, 2.75) is 0 Å². The van der Waals surface area contributed by atoms with Gasteiger partial charge in [0.05, 0.1) is 17.1 Å². The fourth-order valence-electron chi connectivity index (χ4n) is 5.47. The smallest absolute Gasteiger partial charge is 0.255 e. The zero-order valence-electron chi connectivity index (χ0n) is 20.9. The van der Waals surface area contributed by atoms with Gasteiger partial charge in [0, 0.05) is 10.9 Å². The maximum Gasteiger partial charge on any atom is 0.255 e. The largest absolute Gasteiger partial charge is 0.453 e. The normalized spacial score (nSPS) is 12.3. The molecule has 0 unspecified atom stereocenters. The van der Waals surface area contributed by atoms with Crippen molar-refractivity contribution in [2.24, 2.45) is 0 Å². The van der Waals surface area contributed by atoms with Gasteiger partial charge in [0.1, 0.15) is 0 Å². The molecular weight excluding hydrogens is 480 g/mol. The van der Waals surface area contributed by atoms with Crippen molar-refractivity contribution in [3.63, 3.8) is 0 Å². The molecular formula is C34H22N4O. The van der Waals surface area contributed by atoms with Crippen LogP contribution in [-0.2, 0) is 0 Å². The Morgan fingerprint density at radius 3 is 1.77 bits per heavy atom. The molecule has 0 atom stereocenters. The average Bonchev–Trinajstić information content (AvgIpc) is 3.43. The van der Waals surface area contributed by atoms with Gasteiger partial charge >= 0.3 is 0 Å². The molecule has 0 saturated heterocycles. The van der Waals surface area contributed by atoms with Crippen LogP contribution in [-0.4, -0.2) is 14.8 Å². The number of para-hydroxylation sites is 4. The van der Waals surface area contributed by atoms with Gasteiger partial charge in [0.15, 0.2) is 17.3 Å². The van der Waals surface area contributed by atoms with Crippen LogP contribution in [0.5, 0.6) is 11.5 Å². The van der Waals surface area contributed by atoms with E-state index in [0.717, 1.165) is 61.5 Å². The molecule has 1 aliphatic heterocycles. The second-order valence-electron chi connectivity index (χ2n) is 9.55. The standard InChI is InChI=1S/C34H22N4O/c1-3-15-25-23(11-1)13-9-17-27(25)33-35-34(36-38(33)28-20-10-14-24-12-2-4-16-26(24)28)37-29-18-5-7-21-31(29)39-32-22-8-6-19-30(32)37/h1-22H. The summed E-state index contributed by atoms with van der Waals surface area (Å²) in [6.45, 7) is 0. The molecule has 0 spiro atoms. The molecule has 8 rings (SSSR count). The lowest BCUT2D eigenvalue weighted by molar-refractivity contribution is 0.476. The van der Waals surface area contributed by atoms with Crippen molar-refractivity contribution in [1.29, 1.82) is 0 Å². The van der Waals surface area contributed by atoms with Gasteiger partial charge in [-0.2, -0.15) is 4.98 Å². The minimum atomic E-state index is 0.578. The highest BCUT2D eigenvalue weighted by Gasteiger charge is 2.29. The lowest BCUT2D eigenvalue weighted by Gasteiger charge is -2.30. The number of aromatic nitrogens is 3. The molecule has 6 aromatic carbocycles. The molecule has 0 radical (unpaired) electrons. The van der Waals surface area contributed by atoms with Crippen LogP contribution in [0, 0.1) is 0 Å². The van der Waals surface area contributed by atoms with E-state index < -0.39 is 0 Å². The average molecular weight is 503 g/mol. The first kappa shape index (κ1) is 21.6. The predicted molar refractivity (Wildman–Crippen MR) is 157 cm³/mol. The van der Waals surface area contributed by atoms with E-state index in [1.54, 1.807) is 0 Å². The Labute approximate surface area is 225 Å². The summed E-state index contributed by atoms with van der Waals surface area (Å²) in [5, 5.41) is 9.76. The number of ether oxygens (including phenoxy) is 1. The van der Waals surface area contributed by atoms with Crippen LogP contribution in [0.4, 0.5) is 17.3 Å². The molecule has 0 saturated carbocycles. The zero-order valence-corrected chi connectivity index (χ0v) is 20.9. The summed E-state index contributed by atoms with van der Waals surface area (Å²) in [7, 11) is 0. The summed E-state index contributed by atoms with van der Waals surface area (Å²) in [4.78, 5) is 7.35. The van der Waals surface area contributed by atoms with Gasteiger partial charge in [0.2, 0.25) is 0 Å². The van der Waals surface area contributed by atoms with E-state index in [-0.39, 0.29) is 0 Å². The van der Waals surface area contributed by atoms with Gasteiger partial charge in [-0.05, 0) is 46.5 Å². The molecule has 0 aliphatic carbocycles. The highest BCUT2D eigenvalue weighted by atomic mass is 16.5. The minimum Gasteiger partial charge on any atom is -0.453 e. The second kappa shape index (κ2) is 8.57. The quantitative estimate of drug-likeness (QED) is 0.242. The van der Waals surface area contributed by atoms with Gasteiger partial charge in [-0.1, -0.05) is 103 Å². The van der Waals surface area contributed by atoms with Crippen LogP contribution in [0.1, 0.15) is 0 Å². The summed E-state index contributed by atoms with van der Waals surface area (Å²) in [5.41, 5.74) is 3.80. The molecule has 5 heteroatoms. The molecule has 1 aromatic heterocycles. The highest BCUT2D eigenvalue weighted by molar-refractivity contribution is 5.97. The second-order valence-corrected chi connectivity index (χ2v) is 9.55. The third-order valence-corrected chi connectivity index (χ3v) is 7.25. The summed E-state index contributed by atoms with van der Waals surface area (Å²) < 4.78 is 8.23. The van der Waals surface area contributed by atoms with Crippen LogP contribution < -0.4 is 9.64 Å². The molecule has 39 heavy (non-hydrogen) atoms. The Morgan fingerprint density at radius 2 is 1.03 bits per heavy atom. The van der Waals surface area contributed by atoms with E-state index in [1.165, 1.54) is 0 Å². The summed E-state index contributed by atoms with van der Waals surface area (Å²) in [6.07, 6.45) is 0. The number of fused-ring (bicyclic) bond motifs is 4. The van der Waals surface area contributed by atoms with E-state index in [1.807, 2.05) is 53.2 Å². The van der Waals surface area contributed by atoms with E-state index in [9.17, 15) is 0 Å². The lowest BCUT2D eigenvalue weighted by Crippen LogP contribution is -2.17. The molecule has 0 fully saturated rings. The van der Waals surface area contributed by atoms with E-state index in [0.29, 0.717) is 5.95 Å². The van der Waals surface area contributed by atoms with Gasteiger partial charge in [-0.3, -0.25) is 4.90 Å². The topological polar surface area (TPSA) is 43.2 Å². The lowest BCUT2D eigenvalue weighted by atomic mass is 10.0. The highest BCUT2D eigenvalue weighted by Crippen LogP contribution is 2.49. The SMILES string of the molecule is c1ccc2c(c1)Oc1ccccc1N2c1nc(-c2cccc3ccccc23)n(-c2cccc3ccccc23)n1. The number of hydrogen-bond acceptors (Lipinski definition) is 4. The molecule has 0 amide bonds. The van der Waals surface area contributed by atoms with Crippen LogP contribution in [0.25, 0.3) is 38.6 Å². The molecule has 0 N–H and O–H groups in total. The fourth-order valence-corrected chi connectivity index (χ4v) is 5.47. The number of nitrogens with zero attached hydrogens (tertiary/aromatic N) is 4. The molecule has 2 heterocycles. The van der Waals surface area contributed by atoms with Crippen molar-refractivity contribution in [3.8, 4) is 28.6 Å². The van der Waals surface area contributed by atoms with Crippen LogP contribution in [0.3, 0.4) is 0 Å². The van der Waals surface area contributed by atoms with E-state index >= 15 is 0 Å². The van der Waals surface area contributed by atoms with Crippen molar-refractivity contribution >= 4 is 38.9 Å². The minimum absolute atomic E-state index is 0.578. The summed E-state index contributed by atoms with van der Waals surface area (Å²) in [5.74, 6) is 2.89. The third-order valence-electron chi connectivity index (χ3n) is 7.25. The molecule has 7 aromatic rings. The fraction of sp³-hybridized carbons (Fsp3) is 0. The van der Waals surface area contributed by atoms with Gasteiger partial charge < -0.3 is 4.74 Å². The first-order valence-electron chi connectivity index (χ1n) is 12.9. The van der Waals surface area contributed by atoms with Crippen LogP contribution >= 0.6 is 0 Å². The number of hydrogen-bond donors (Lipinski definition) is 0. The van der Waals surface area contributed by atoms with Crippen molar-refractivity contribution in [2.75, 3.05) is 4.90 Å². The van der Waals surface area contributed by atoms with Crippen molar-refractivity contribution < 1.29 is 4.74 Å². The van der Waals surface area contributed by atoms with Crippen LogP contribution in [0.2, 0.25) is 0 Å². The van der Waals surface area contributed by atoms with Crippen molar-refractivity contribution in [3.05, 3.63) is 133 Å². The van der Waals surface area contributed by atoms with Gasteiger partial charge in [-0.15, -0.1) is 5.10 Å². The Balaban J connectivity index is 1.44. The Kier molecular flexibility index (Phi) is 4.76. The first-order valence-corrected chi connectivity index (χ1v) is 12.9. The molecule has 5 nitrogen and oxygen atoms in total. The number of benzene rings is 6. The zero-order chi connectivity index (χ0) is 25.8. The van der Waals surface area contributed by atoms with Crippen LogP contribution in [0.15, 0.2) is 133 Å². The molecule has 0 bridgehead atoms. The summed E-state index contributed by atoms with van der Waals surface area (Å²) >= 11 is 0. The number of rotatable bonds is 3. The van der Waals surface area contributed by atoms with E-state index in [4.69, 9.17) is 14.8 Å². The van der Waals surface area contributed by atoms with Gasteiger partial charge in [-0.25, -0.2) is 4.68 Å². The molecule has 184 valence electrons.